The van der Waals surface area contributed by atoms with Crippen molar-refractivity contribution >= 4 is 28.7 Å². The van der Waals surface area contributed by atoms with Crippen LogP contribution in [0.4, 0.5) is 0 Å². The lowest BCUT2D eigenvalue weighted by Crippen LogP contribution is -2.22. The van der Waals surface area contributed by atoms with E-state index in [1.165, 1.54) is 32.4 Å². The fourth-order valence-electron chi connectivity index (χ4n) is 2.58. The van der Waals surface area contributed by atoms with Crippen LogP contribution in [0.3, 0.4) is 0 Å². The van der Waals surface area contributed by atoms with E-state index in [2.05, 4.69) is 5.32 Å². The number of carbonyl (C=O) groups excluding carboxylic acids is 3. The molecule has 1 heterocycles. The van der Waals surface area contributed by atoms with E-state index < -0.39 is 5.97 Å². The minimum atomic E-state index is -0.482. The number of carbonyl (C=O) groups is 3. The van der Waals surface area contributed by atoms with Gasteiger partial charge < -0.3 is 14.8 Å². The molecule has 0 atom stereocenters. The molecule has 0 spiro atoms. The maximum atomic E-state index is 11.9. The van der Waals surface area contributed by atoms with E-state index in [0.717, 1.165) is 5.56 Å². The molecule has 1 aromatic carbocycles. The van der Waals surface area contributed by atoms with Crippen molar-refractivity contribution in [2.75, 3.05) is 13.7 Å². The quantitative estimate of drug-likeness (QED) is 0.668. The van der Waals surface area contributed by atoms with E-state index >= 15 is 0 Å². The first-order chi connectivity index (χ1) is 11.3. The van der Waals surface area contributed by atoms with Gasteiger partial charge in [-0.05, 0) is 24.1 Å². The van der Waals surface area contributed by atoms with Gasteiger partial charge in [0.1, 0.15) is 0 Å². The van der Waals surface area contributed by atoms with Gasteiger partial charge in [0.25, 0.3) is 0 Å². The Morgan fingerprint density at radius 1 is 1.17 bits per heavy atom. The Hall–Kier alpha value is -2.83. The van der Waals surface area contributed by atoms with Crippen molar-refractivity contribution in [3.8, 4) is 11.5 Å². The number of benzene rings is 1. The Kier molecular flexibility index (Phi) is 5.23. The second-order valence-electron chi connectivity index (χ2n) is 5.36. The molecule has 0 aliphatic heterocycles. The molecule has 7 nitrogen and oxygen atoms in total. The highest BCUT2D eigenvalue weighted by Crippen LogP contribution is 2.39. The maximum absolute atomic E-state index is 11.9. The zero-order valence-corrected chi connectivity index (χ0v) is 14.1. The summed E-state index contributed by atoms with van der Waals surface area (Å²) in [6, 6.07) is 3.39. The fourth-order valence-corrected chi connectivity index (χ4v) is 2.58. The third-order valence-corrected chi connectivity index (χ3v) is 3.54. The third-order valence-electron chi connectivity index (χ3n) is 3.54. The van der Waals surface area contributed by atoms with Gasteiger partial charge in [0.15, 0.2) is 11.5 Å². The molecule has 0 saturated heterocycles. The summed E-state index contributed by atoms with van der Waals surface area (Å²) >= 11 is 0. The first-order valence-corrected chi connectivity index (χ1v) is 7.49. The molecular formula is C17H20N2O5. The molecule has 1 N–H and O–H groups in total. The second kappa shape index (κ2) is 7.16. The zero-order valence-electron chi connectivity index (χ0n) is 14.1. The zero-order chi connectivity index (χ0) is 17.9. The number of amides is 1. The summed E-state index contributed by atoms with van der Waals surface area (Å²) in [5.41, 5.74) is 1.40. The lowest BCUT2D eigenvalue weighted by Gasteiger charge is -2.11. The Bertz CT molecular complexity index is 807. The van der Waals surface area contributed by atoms with Crippen LogP contribution in [-0.4, -0.2) is 36.0 Å². The molecule has 1 aromatic heterocycles. The molecule has 2 aromatic rings. The van der Waals surface area contributed by atoms with Crippen LogP contribution in [0.1, 0.15) is 31.1 Å². The van der Waals surface area contributed by atoms with Crippen LogP contribution in [0.5, 0.6) is 11.5 Å². The lowest BCUT2D eigenvalue weighted by atomic mass is 10.1. The highest BCUT2D eigenvalue weighted by molar-refractivity contribution is 5.99. The number of methoxy groups -OCH3 is 1. The van der Waals surface area contributed by atoms with Crippen molar-refractivity contribution < 1.29 is 23.9 Å². The summed E-state index contributed by atoms with van der Waals surface area (Å²) in [5.74, 6) is -0.0999. The molecule has 128 valence electrons. The Balaban J connectivity index is 2.63. The summed E-state index contributed by atoms with van der Waals surface area (Å²) in [7, 11) is 1.48. The molecule has 24 heavy (non-hydrogen) atoms. The molecule has 0 aliphatic carbocycles. The van der Waals surface area contributed by atoms with Gasteiger partial charge in [-0.3, -0.25) is 19.0 Å². The predicted octanol–water partition coefficient (Wildman–Crippen LogP) is 1.91. The largest absolute Gasteiger partial charge is 0.493 e. The van der Waals surface area contributed by atoms with Gasteiger partial charge in [0, 0.05) is 33.5 Å². The SMILES string of the molecule is COc1ccc2c(c(CCNC(C)=O)cn2C(C)=O)c1OC(C)=O. The van der Waals surface area contributed by atoms with Crippen molar-refractivity contribution in [1.29, 1.82) is 0 Å². The van der Waals surface area contributed by atoms with Gasteiger partial charge in [-0.15, -0.1) is 0 Å². The van der Waals surface area contributed by atoms with E-state index in [-0.39, 0.29) is 17.6 Å². The van der Waals surface area contributed by atoms with Crippen molar-refractivity contribution in [3.05, 3.63) is 23.9 Å². The van der Waals surface area contributed by atoms with Crippen LogP contribution in [0.25, 0.3) is 10.9 Å². The summed E-state index contributed by atoms with van der Waals surface area (Å²) in [6.45, 7) is 4.60. The number of aromatic nitrogens is 1. The molecule has 2 rings (SSSR count). The Labute approximate surface area is 139 Å². The number of rotatable bonds is 5. The van der Waals surface area contributed by atoms with E-state index in [1.807, 2.05) is 0 Å². The first-order valence-electron chi connectivity index (χ1n) is 7.49. The number of hydrogen-bond acceptors (Lipinski definition) is 5. The topological polar surface area (TPSA) is 86.6 Å². The summed E-state index contributed by atoms with van der Waals surface area (Å²) in [6.07, 6.45) is 2.18. The summed E-state index contributed by atoms with van der Waals surface area (Å²) in [5, 5.41) is 3.34. The number of nitrogens with zero attached hydrogens (tertiary/aromatic N) is 1. The average Bonchev–Trinajstić information content (AvgIpc) is 2.86. The summed E-state index contributed by atoms with van der Waals surface area (Å²) in [4.78, 5) is 34.4. The molecule has 0 radical (unpaired) electrons. The molecule has 0 saturated carbocycles. The van der Waals surface area contributed by atoms with E-state index in [0.29, 0.717) is 29.6 Å². The maximum Gasteiger partial charge on any atom is 0.308 e. The normalized spacial score (nSPS) is 10.5. The monoisotopic (exact) mass is 332 g/mol. The van der Waals surface area contributed by atoms with E-state index in [1.54, 1.807) is 18.3 Å². The van der Waals surface area contributed by atoms with Crippen molar-refractivity contribution in [2.45, 2.75) is 27.2 Å². The van der Waals surface area contributed by atoms with Crippen molar-refractivity contribution in [2.24, 2.45) is 0 Å². The second-order valence-corrected chi connectivity index (χ2v) is 5.36. The Morgan fingerprint density at radius 2 is 1.88 bits per heavy atom. The molecule has 7 heteroatoms. The minimum absolute atomic E-state index is 0.136. The predicted molar refractivity (Wildman–Crippen MR) is 88.5 cm³/mol. The Morgan fingerprint density at radius 3 is 2.42 bits per heavy atom. The molecule has 0 bridgehead atoms. The highest BCUT2D eigenvalue weighted by atomic mass is 16.6. The number of esters is 1. The van der Waals surface area contributed by atoms with Crippen molar-refractivity contribution in [3.63, 3.8) is 0 Å². The number of nitrogens with one attached hydrogen (secondary N) is 1. The van der Waals surface area contributed by atoms with Gasteiger partial charge >= 0.3 is 5.97 Å². The van der Waals surface area contributed by atoms with E-state index in [4.69, 9.17) is 9.47 Å². The van der Waals surface area contributed by atoms with Gasteiger partial charge in [0.05, 0.1) is 18.0 Å². The number of ether oxygens (including phenoxy) is 2. The first kappa shape index (κ1) is 17.5. The standard InChI is InChI=1S/C17H20N2O5/c1-10(20)18-8-7-13-9-19(11(2)21)14-5-6-15(23-4)17(16(13)14)24-12(3)22/h5-6,9H,7-8H2,1-4H3,(H,18,20). The van der Waals surface area contributed by atoms with Crippen LogP contribution in [0.15, 0.2) is 18.3 Å². The molecule has 0 aliphatic rings. The fraction of sp³-hybridized carbons (Fsp3) is 0.353. The van der Waals surface area contributed by atoms with Gasteiger partial charge in [0.2, 0.25) is 11.8 Å². The van der Waals surface area contributed by atoms with Gasteiger partial charge in [-0.2, -0.15) is 0 Å². The van der Waals surface area contributed by atoms with E-state index in [9.17, 15) is 14.4 Å². The number of hydrogen-bond donors (Lipinski definition) is 1. The molecular weight excluding hydrogens is 312 g/mol. The smallest absolute Gasteiger partial charge is 0.308 e. The molecule has 0 fully saturated rings. The van der Waals surface area contributed by atoms with Crippen LogP contribution >= 0.6 is 0 Å². The number of fused-ring (bicyclic) bond motifs is 1. The van der Waals surface area contributed by atoms with Crippen LogP contribution in [-0.2, 0) is 16.0 Å². The third kappa shape index (κ3) is 3.56. The van der Waals surface area contributed by atoms with Gasteiger partial charge in [-0.1, -0.05) is 0 Å². The van der Waals surface area contributed by atoms with Gasteiger partial charge in [-0.25, -0.2) is 0 Å². The minimum Gasteiger partial charge on any atom is -0.493 e. The lowest BCUT2D eigenvalue weighted by molar-refractivity contribution is -0.131. The van der Waals surface area contributed by atoms with Crippen LogP contribution < -0.4 is 14.8 Å². The average molecular weight is 332 g/mol. The van der Waals surface area contributed by atoms with Crippen molar-refractivity contribution in [1.82, 2.24) is 9.88 Å². The highest BCUT2D eigenvalue weighted by Gasteiger charge is 2.20. The molecule has 0 unspecified atom stereocenters. The summed E-state index contributed by atoms with van der Waals surface area (Å²) < 4.78 is 12.1. The van der Waals surface area contributed by atoms with Crippen LogP contribution in [0.2, 0.25) is 0 Å². The molecule has 1 amide bonds. The van der Waals surface area contributed by atoms with Crippen LogP contribution in [0, 0.1) is 0 Å².